The van der Waals surface area contributed by atoms with Crippen LogP contribution in [0.5, 0.6) is 0 Å². The molecule has 0 fully saturated rings. The molecule has 0 spiro atoms. The third-order valence-electron chi connectivity index (χ3n) is 4.14. The Morgan fingerprint density at radius 2 is 1.52 bits per heavy atom. The highest BCUT2D eigenvalue weighted by Crippen LogP contribution is 2.32. The maximum atomic E-state index is 13.9. The summed E-state index contributed by atoms with van der Waals surface area (Å²) in [6.45, 7) is 4.02. The SMILES string of the molecule is Cc1cccc(C(O)c2ccc(F)c3ccccc23)c1C. The van der Waals surface area contributed by atoms with Gasteiger partial charge in [0.25, 0.3) is 0 Å². The normalized spacial score (nSPS) is 12.6. The van der Waals surface area contributed by atoms with Gasteiger partial charge in [-0.3, -0.25) is 0 Å². The standard InChI is InChI=1S/C19H17FO/c1-12-6-5-9-14(13(12)2)19(21)17-10-11-18(20)16-8-4-3-7-15(16)17/h3-11,19,21H,1-2H3. The molecule has 2 heteroatoms. The third kappa shape index (κ3) is 2.32. The van der Waals surface area contributed by atoms with E-state index in [1.54, 1.807) is 18.2 Å². The Kier molecular flexibility index (Phi) is 3.48. The number of hydrogen-bond donors (Lipinski definition) is 1. The molecule has 0 saturated heterocycles. The molecule has 3 aromatic rings. The fraction of sp³-hybridized carbons (Fsp3) is 0.158. The molecular weight excluding hydrogens is 263 g/mol. The van der Waals surface area contributed by atoms with Crippen molar-refractivity contribution in [2.45, 2.75) is 20.0 Å². The first-order valence-corrected chi connectivity index (χ1v) is 7.01. The lowest BCUT2D eigenvalue weighted by molar-refractivity contribution is 0.221. The highest BCUT2D eigenvalue weighted by Gasteiger charge is 2.17. The topological polar surface area (TPSA) is 20.2 Å². The number of aryl methyl sites for hydroxylation is 1. The van der Waals surface area contributed by atoms with Crippen molar-refractivity contribution in [3.05, 3.63) is 82.7 Å². The van der Waals surface area contributed by atoms with Crippen LogP contribution in [0.3, 0.4) is 0 Å². The minimum Gasteiger partial charge on any atom is -0.384 e. The lowest BCUT2D eigenvalue weighted by Crippen LogP contribution is -2.04. The van der Waals surface area contributed by atoms with E-state index in [0.29, 0.717) is 5.39 Å². The van der Waals surface area contributed by atoms with Crippen molar-refractivity contribution in [3.8, 4) is 0 Å². The molecule has 0 aliphatic heterocycles. The Morgan fingerprint density at radius 1 is 0.810 bits per heavy atom. The average molecular weight is 280 g/mol. The monoisotopic (exact) mass is 280 g/mol. The van der Waals surface area contributed by atoms with E-state index < -0.39 is 6.10 Å². The average Bonchev–Trinajstić information content (AvgIpc) is 2.50. The molecule has 0 amide bonds. The molecule has 3 aromatic carbocycles. The molecule has 0 bridgehead atoms. The first-order chi connectivity index (χ1) is 10.1. The van der Waals surface area contributed by atoms with Crippen LogP contribution in [-0.4, -0.2) is 5.11 Å². The number of halogens is 1. The van der Waals surface area contributed by atoms with Crippen molar-refractivity contribution in [2.75, 3.05) is 0 Å². The summed E-state index contributed by atoms with van der Waals surface area (Å²) in [4.78, 5) is 0. The zero-order valence-corrected chi connectivity index (χ0v) is 12.1. The lowest BCUT2D eigenvalue weighted by Gasteiger charge is -2.18. The van der Waals surface area contributed by atoms with Gasteiger partial charge in [-0.1, -0.05) is 48.5 Å². The highest BCUT2D eigenvalue weighted by molar-refractivity contribution is 5.87. The van der Waals surface area contributed by atoms with Gasteiger partial charge in [-0.15, -0.1) is 0 Å². The van der Waals surface area contributed by atoms with Gasteiger partial charge in [0.15, 0.2) is 0 Å². The van der Waals surface area contributed by atoms with Gasteiger partial charge in [-0.2, -0.15) is 0 Å². The molecule has 1 nitrogen and oxygen atoms in total. The van der Waals surface area contributed by atoms with Crippen molar-refractivity contribution in [2.24, 2.45) is 0 Å². The molecule has 3 rings (SSSR count). The number of hydrogen-bond acceptors (Lipinski definition) is 1. The lowest BCUT2D eigenvalue weighted by atomic mass is 9.92. The maximum absolute atomic E-state index is 13.9. The Labute approximate surface area is 123 Å². The van der Waals surface area contributed by atoms with Gasteiger partial charge in [0.1, 0.15) is 11.9 Å². The summed E-state index contributed by atoms with van der Waals surface area (Å²) in [5.41, 5.74) is 3.81. The van der Waals surface area contributed by atoms with Crippen molar-refractivity contribution in [3.63, 3.8) is 0 Å². The molecule has 1 N–H and O–H groups in total. The molecule has 1 unspecified atom stereocenters. The Morgan fingerprint density at radius 3 is 2.29 bits per heavy atom. The second-order valence-corrected chi connectivity index (χ2v) is 5.37. The fourth-order valence-electron chi connectivity index (χ4n) is 2.76. The van der Waals surface area contributed by atoms with Crippen LogP contribution >= 0.6 is 0 Å². The van der Waals surface area contributed by atoms with E-state index in [4.69, 9.17) is 0 Å². The Hall–Kier alpha value is -2.19. The van der Waals surface area contributed by atoms with Gasteiger partial charge in [0.05, 0.1) is 0 Å². The number of fused-ring (bicyclic) bond motifs is 1. The van der Waals surface area contributed by atoms with Gasteiger partial charge in [0.2, 0.25) is 0 Å². The third-order valence-corrected chi connectivity index (χ3v) is 4.14. The quantitative estimate of drug-likeness (QED) is 0.722. The summed E-state index contributed by atoms with van der Waals surface area (Å²) < 4.78 is 13.9. The van der Waals surface area contributed by atoms with Crippen molar-refractivity contribution in [1.82, 2.24) is 0 Å². The van der Waals surface area contributed by atoms with Crippen LogP contribution in [0.15, 0.2) is 54.6 Å². The molecule has 0 aliphatic carbocycles. The minimum atomic E-state index is -0.754. The molecule has 106 valence electrons. The largest absolute Gasteiger partial charge is 0.384 e. The van der Waals surface area contributed by atoms with E-state index in [0.717, 1.165) is 27.6 Å². The number of benzene rings is 3. The zero-order chi connectivity index (χ0) is 15.0. The molecule has 0 aromatic heterocycles. The zero-order valence-electron chi connectivity index (χ0n) is 12.1. The van der Waals surface area contributed by atoms with Gasteiger partial charge in [-0.25, -0.2) is 4.39 Å². The second-order valence-electron chi connectivity index (χ2n) is 5.37. The molecule has 1 atom stereocenters. The van der Waals surface area contributed by atoms with Crippen LogP contribution in [0.1, 0.15) is 28.4 Å². The predicted octanol–water partition coefficient (Wildman–Crippen LogP) is 4.68. The Balaban J connectivity index is 2.21. The van der Waals surface area contributed by atoms with Crippen molar-refractivity contribution in [1.29, 1.82) is 0 Å². The van der Waals surface area contributed by atoms with Gasteiger partial charge >= 0.3 is 0 Å². The van der Waals surface area contributed by atoms with E-state index in [9.17, 15) is 9.50 Å². The van der Waals surface area contributed by atoms with Crippen LogP contribution < -0.4 is 0 Å². The summed E-state index contributed by atoms with van der Waals surface area (Å²) in [5, 5.41) is 12.1. The smallest absolute Gasteiger partial charge is 0.131 e. The number of aliphatic hydroxyl groups is 1. The van der Waals surface area contributed by atoms with Crippen molar-refractivity contribution >= 4 is 10.8 Å². The van der Waals surface area contributed by atoms with Gasteiger partial charge < -0.3 is 5.11 Å². The van der Waals surface area contributed by atoms with E-state index >= 15 is 0 Å². The van der Waals surface area contributed by atoms with E-state index in [2.05, 4.69) is 0 Å². The maximum Gasteiger partial charge on any atom is 0.131 e. The summed E-state index contributed by atoms with van der Waals surface area (Å²) in [5.74, 6) is -0.262. The Bertz CT molecular complexity index is 808. The van der Waals surface area contributed by atoms with Gasteiger partial charge in [0, 0.05) is 5.39 Å². The summed E-state index contributed by atoms with van der Waals surface area (Å²) in [6.07, 6.45) is -0.754. The first-order valence-electron chi connectivity index (χ1n) is 7.01. The number of rotatable bonds is 2. The van der Waals surface area contributed by atoms with Crippen LogP contribution in [0.25, 0.3) is 10.8 Å². The molecule has 0 radical (unpaired) electrons. The van der Waals surface area contributed by atoms with Crippen molar-refractivity contribution < 1.29 is 9.50 Å². The molecule has 0 heterocycles. The minimum absolute atomic E-state index is 0.262. The summed E-state index contributed by atoms with van der Waals surface area (Å²) in [7, 11) is 0. The second kappa shape index (κ2) is 5.30. The van der Waals surface area contributed by atoms with Crippen LogP contribution in [0.4, 0.5) is 4.39 Å². The van der Waals surface area contributed by atoms with E-state index in [-0.39, 0.29) is 5.82 Å². The van der Waals surface area contributed by atoms with E-state index in [1.807, 2.05) is 44.2 Å². The molecule has 21 heavy (non-hydrogen) atoms. The fourth-order valence-corrected chi connectivity index (χ4v) is 2.76. The van der Waals surface area contributed by atoms with Crippen LogP contribution in [0.2, 0.25) is 0 Å². The first kappa shape index (κ1) is 13.8. The van der Waals surface area contributed by atoms with Gasteiger partial charge in [-0.05, 0) is 47.6 Å². The summed E-state index contributed by atoms with van der Waals surface area (Å²) >= 11 is 0. The molecule has 0 saturated carbocycles. The summed E-state index contributed by atoms with van der Waals surface area (Å²) in [6, 6.07) is 16.2. The van der Waals surface area contributed by atoms with Crippen LogP contribution in [0, 0.1) is 19.7 Å². The number of aliphatic hydroxyl groups excluding tert-OH is 1. The predicted molar refractivity (Wildman–Crippen MR) is 83.9 cm³/mol. The van der Waals surface area contributed by atoms with Crippen LogP contribution in [-0.2, 0) is 0 Å². The molecule has 0 aliphatic rings. The highest BCUT2D eigenvalue weighted by atomic mass is 19.1. The molecular formula is C19H17FO. The van der Waals surface area contributed by atoms with E-state index in [1.165, 1.54) is 6.07 Å².